The maximum atomic E-state index is 10.6. The van der Waals surface area contributed by atoms with Crippen LogP contribution in [0.25, 0.3) is 0 Å². The van der Waals surface area contributed by atoms with Gasteiger partial charge >= 0.3 is 5.97 Å². The lowest BCUT2D eigenvalue weighted by Crippen LogP contribution is -2.06. The van der Waals surface area contributed by atoms with Crippen LogP contribution in [0.1, 0.15) is 15.9 Å². The van der Waals surface area contributed by atoms with Crippen LogP contribution in [0.2, 0.25) is 0 Å². The summed E-state index contributed by atoms with van der Waals surface area (Å²) < 4.78 is 0. The fraction of sp³-hybridized carbons (Fsp3) is 0. The number of hydrogen-bond acceptors (Lipinski definition) is 3. The second-order valence-corrected chi connectivity index (χ2v) is 2.65. The highest BCUT2D eigenvalue weighted by Gasteiger charge is 2.05. The molecule has 1 rings (SSSR count). The molecule has 1 aromatic carbocycles. The van der Waals surface area contributed by atoms with Gasteiger partial charge in [0.25, 0.3) is 5.91 Å². The Morgan fingerprint density at radius 1 is 1.33 bits per heavy atom. The van der Waals surface area contributed by atoms with E-state index in [0.717, 1.165) is 6.07 Å². The van der Waals surface area contributed by atoms with Crippen molar-refractivity contribution in [3.8, 4) is 17.6 Å². The Morgan fingerprint density at radius 2 is 2.00 bits per heavy atom. The Labute approximate surface area is 85.1 Å². The lowest BCUT2D eigenvalue weighted by Gasteiger charge is -1.98. The third-order valence-electron chi connectivity index (χ3n) is 1.56. The first-order valence-electron chi connectivity index (χ1n) is 3.88. The number of primary amides is 1. The summed E-state index contributed by atoms with van der Waals surface area (Å²) in [5.41, 5.74) is 4.80. The number of rotatable bonds is 1. The number of phenolic OH excluding ortho intramolecular Hbond substituents is 1. The van der Waals surface area contributed by atoms with Gasteiger partial charge in [-0.3, -0.25) is 4.79 Å². The Bertz CT molecular complexity index is 482. The molecule has 5 nitrogen and oxygen atoms in total. The normalized spacial score (nSPS) is 8.80. The number of carbonyl (C=O) groups excluding carboxylic acids is 1. The number of benzene rings is 1. The summed E-state index contributed by atoms with van der Waals surface area (Å²) in [6.45, 7) is 0. The number of aromatic hydroxyl groups is 1. The second-order valence-electron chi connectivity index (χ2n) is 2.65. The topological polar surface area (TPSA) is 101 Å². The van der Waals surface area contributed by atoms with Crippen molar-refractivity contribution in [2.75, 3.05) is 0 Å². The first kappa shape index (κ1) is 10.6. The van der Waals surface area contributed by atoms with E-state index in [2.05, 4.69) is 5.92 Å². The van der Waals surface area contributed by atoms with Crippen LogP contribution < -0.4 is 5.73 Å². The van der Waals surface area contributed by atoms with Crippen LogP contribution in [0.3, 0.4) is 0 Å². The van der Waals surface area contributed by atoms with Crippen LogP contribution in [-0.4, -0.2) is 22.1 Å². The standard InChI is InChI=1S/C10H7NO4/c11-9(13)4-2-6-5-7(10(14)15)1-3-8(6)12/h1,3,5,12H,(H2,11,13)(H,14,15). The fourth-order valence-corrected chi connectivity index (χ4v) is 0.898. The zero-order chi connectivity index (χ0) is 11.4. The Hall–Kier alpha value is -2.48. The second kappa shape index (κ2) is 4.15. The summed E-state index contributed by atoms with van der Waals surface area (Å²) >= 11 is 0. The van der Waals surface area contributed by atoms with Crippen LogP contribution in [0.5, 0.6) is 5.75 Å². The van der Waals surface area contributed by atoms with E-state index >= 15 is 0 Å². The van der Waals surface area contributed by atoms with E-state index in [4.69, 9.17) is 10.8 Å². The van der Waals surface area contributed by atoms with E-state index in [9.17, 15) is 14.7 Å². The van der Waals surface area contributed by atoms with Crippen LogP contribution in [0.15, 0.2) is 18.2 Å². The minimum Gasteiger partial charge on any atom is -0.507 e. The first-order valence-corrected chi connectivity index (χ1v) is 3.88. The molecule has 5 heteroatoms. The van der Waals surface area contributed by atoms with Crippen LogP contribution in [-0.2, 0) is 4.79 Å². The molecular formula is C10H7NO4. The van der Waals surface area contributed by atoms with E-state index in [0.29, 0.717) is 0 Å². The van der Waals surface area contributed by atoms with E-state index in [1.807, 2.05) is 5.92 Å². The smallest absolute Gasteiger partial charge is 0.335 e. The number of carboxylic acid groups (broad SMARTS) is 1. The number of carbonyl (C=O) groups is 2. The van der Waals surface area contributed by atoms with Crippen molar-refractivity contribution < 1.29 is 19.8 Å². The minimum absolute atomic E-state index is 0.0263. The third kappa shape index (κ3) is 2.74. The van der Waals surface area contributed by atoms with Crippen molar-refractivity contribution in [2.24, 2.45) is 5.73 Å². The molecule has 0 unspecified atom stereocenters. The number of aromatic carboxylic acids is 1. The monoisotopic (exact) mass is 205 g/mol. The van der Waals surface area contributed by atoms with Crippen molar-refractivity contribution in [3.63, 3.8) is 0 Å². The summed E-state index contributed by atoms with van der Waals surface area (Å²) in [6, 6.07) is 3.58. The quantitative estimate of drug-likeness (QED) is 0.558. The molecule has 76 valence electrons. The summed E-state index contributed by atoms with van der Waals surface area (Å²) in [4.78, 5) is 20.9. The van der Waals surface area contributed by atoms with Gasteiger partial charge in [-0.25, -0.2) is 4.79 Å². The zero-order valence-electron chi connectivity index (χ0n) is 7.52. The summed E-state index contributed by atoms with van der Waals surface area (Å²) in [5, 5.41) is 17.9. The molecule has 0 spiro atoms. The molecule has 0 saturated heterocycles. The van der Waals surface area contributed by atoms with Gasteiger partial charge in [0.2, 0.25) is 0 Å². The molecule has 0 aliphatic carbocycles. The number of nitrogens with two attached hydrogens (primary N) is 1. The van der Waals surface area contributed by atoms with Crippen molar-refractivity contribution in [1.82, 2.24) is 0 Å². The molecular weight excluding hydrogens is 198 g/mol. The average Bonchev–Trinajstić information content (AvgIpc) is 2.16. The van der Waals surface area contributed by atoms with E-state index in [-0.39, 0.29) is 16.9 Å². The van der Waals surface area contributed by atoms with Gasteiger partial charge in [-0.05, 0) is 18.2 Å². The predicted octanol–water partition coefficient (Wildman–Crippen LogP) is -0.0728. The first-order chi connectivity index (χ1) is 7.00. The predicted molar refractivity (Wildman–Crippen MR) is 51.1 cm³/mol. The maximum absolute atomic E-state index is 10.6. The number of phenols is 1. The summed E-state index contributed by atoms with van der Waals surface area (Å²) in [5.74, 6) is 2.08. The van der Waals surface area contributed by atoms with E-state index in [1.165, 1.54) is 12.1 Å². The van der Waals surface area contributed by atoms with Gasteiger partial charge in [0.05, 0.1) is 11.1 Å². The van der Waals surface area contributed by atoms with Gasteiger partial charge in [-0.2, -0.15) is 0 Å². The number of carboxylic acids is 1. The van der Waals surface area contributed by atoms with Crippen LogP contribution in [0.4, 0.5) is 0 Å². The SMILES string of the molecule is NC(=O)C#Cc1cc(C(=O)O)ccc1O. The van der Waals surface area contributed by atoms with E-state index in [1.54, 1.807) is 0 Å². The minimum atomic E-state index is -1.14. The number of hydrogen-bond donors (Lipinski definition) is 3. The molecule has 0 aliphatic heterocycles. The van der Waals surface area contributed by atoms with Gasteiger partial charge < -0.3 is 15.9 Å². The Balaban J connectivity index is 3.18. The molecule has 0 radical (unpaired) electrons. The molecule has 15 heavy (non-hydrogen) atoms. The molecule has 0 atom stereocenters. The largest absolute Gasteiger partial charge is 0.507 e. The molecule has 1 amide bonds. The molecule has 0 saturated carbocycles. The molecule has 0 heterocycles. The third-order valence-corrected chi connectivity index (χ3v) is 1.56. The van der Waals surface area contributed by atoms with Crippen molar-refractivity contribution in [3.05, 3.63) is 29.3 Å². The van der Waals surface area contributed by atoms with Crippen LogP contribution in [0, 0.1) is 11.8 Å². The Morgan fingerprint density at radius 3 is 2.53 bits per heavy atom. The van der Waals surface area contributed by atoms with Gasteiger partial charge in [0.15, 0.2) is 0 Å². The van der Waals surface area contributed by atoms with Crippen molar-refractivity contribution in [1.29, 1.82) is 0 Å². The Kier molecular flexibility index (Phi) is 2.94. The summed E-state index contributed by atoms with van der Waals surface area (Å²) in [6.07, 6.45) is 0. The van der Waals surface area contributed by atoms with Crippen molar-refractivity contribution >= 4 is 11.9 Å². The molecule has 0 aliphatic rings. The summed E-state index contributed by atoms with van der Waals surface area (Å²) in [7, 11) is 0. The molecule has 4 N–H and O–H groups in total. The van der Waals surface area contributed by atoms with Crippen LogP contribution >= 0.6 is 0 Å². The average molecular weight is 205 g/mol. The molecule has 0 aromatic heterocycles. The van der Waals surface area contributed by atoms with Gasteiger partial charge in [-0.15, -0.1) is 0 Å². The zero-order valence-corrected chi connectivity index (χ0v) is 7.52. The number of amides is 1. The fourth-order valence-electron chi connectivity index (χ4n) is 0.898. The molecule has 0 fully saturated rings. The molecule has 0 bridgehead atoms. The highest BCUT2D eigenvalue weighted by Crippen LogP contribution is 2.17. The van der Waals surface area contributed by atoms with E-state index < -0.39 is 11.9 Å². The lowest BCUT2D eigenvalue weighted by atomic mass is 10.1. The van der Waals surface area contributed by atoms with Gasteiger partial charge in [0, 0.05) is 5.92 Å². The highest BCUT2D eigenvalue weighted by molar-refractivity contribution is 5.93. The molecule has 1 aromatic rings. The lowest BCUT2D eigenvalue weighted by molar-refractivity contribution is -0.112. The maximum Gasteiger partial charge on any atom is 0.335 e. The van der Waals surface area contributed by atoms with Gasteiger partial charge in [-0.1, -0.05) is 5.92 Å². The highest BCUT2D eigenvalue weighted by atomic mass is 16.4. The van der Waals surface area contributed by atoms with Crippen molar-refractivity contribution in [2.45, 2.75) is 0 Å². The van der Waals surface area contributed by atoms with Gasteiger partial charge in [0.1, 0.15) is 5.75 Å².